The smallest absolute Gasteiger partial charge is 0.337 e. The Morgan fingerprint density at radius 3 is 2.42 bits per heavy atom. The number of nitrogen functional groups attached to an aromatic ring is 1. The average Bonchev–Trinajstić information content (AvgIpc) is 3.56. The van der Waals surface area contributed by atoms with Gasteiger partial charge in [0.1, 0.15) is 11.9 Å². The van der Waals surface area contributed by atoms with Crippen molar-refractivity contribution in [2.45, 2.75) is 69.4 Å². The van der Waals surface area contributed by atoms with Crippen LogP contribution in [-0.4, -0.2) is 72.9 Å². The van der Waals surface area contributed by atoms with E-state index in [9.17, 15) is 23.1 Å². The van der Waals surface area contributed by atoms with Gasteiger partial charge in [-0.1, -0.05) is 6.07 Å². The maximum Gasteiger partial charge on any atom is 0.337 e. The number of nitrogens with one attached hydrogen (secondary N) is 1. The van der Waals surface area contributed by atoms with Crippen LogP contribution in [0.25, 0.3) is 10.8 Å². The first kappa shape index (κ1) is 37.9. The third-order valence-electron chi connectivity index (χ3n) is 8.99. The van der Waals surface area contributed by atoms with Crippen molar-refractivity contribution in [2.24, 2.45) is 5.92 Å². The van der Waals surface area contributed by atoms with Crippen LogP contribution in [0.1, 0.15) is 74.6 Å². The Balaban J connectivity index is 1.69. The van der Waals surface area contributed by atoms with Crippen molar-refractivity contribution < 1.29 is 42.1 Å². The fraction of sp³-hybridized carbons (Fsp3) is 0.368. The molecule has 5 rings (SSSR count). The van der Waals surface area contributed by atoms with Crippen molar-refractivity contribution in [1.82, 2.24) is 9.88 Å². The maximum absolute atomic E-state index is 15.0. The Bertz CT molecular complexity index is 2100. The summed E-state index contributed by atoms with van der Waals surface area (Å²) in [5.41, 5.74) is 7.17. The highest BCUT2D eigenvalue weighted by molar-refractivity contribution is 7.92. The average molecular weight is 733 g/mol. The molecule has 13 nitrogen and oxygen atoms in total. The van der Waals surface area contributed by atoms with Gasteiger partial charge in [-0.25, -0.2) is 18.2 Å². The number of aliphatic carboxylic acids is 1. The van der Waals surface area contributed by atoms with Crippen molar-refractivity contribution in [3.63, 3.8) is 0 Å². The Labute approximate surface area is 303 Å². The van der Waals surface area contributed by atoms with E-state index in [1.165, 1.54) is 44.1 Å². The molecule has 276 valence electrons. The zero-order valence-electron chi connectivity index (χ0n) is 30.0. The molecule has 0 radical (unpaired) electrons. The van der Waals surface area contributed by atoms with Gasteiger partial charge in [0.2, 0.25) is 5.91 Å². The van der Waals surface area contributed by atoms with Crippen molar-refractivity contribution in [1.29, 1.82) is 0 Å². The number of ether oxygens (including phenoxy) is 3. The van der Waals surface area contributed by atoms with Gasteiger partial charge >= 0.3 is 11.9 Å². The number of esters is 1. The number of nitrogens with zero attached hydrogens (tertiary/aromatic N) is 2. The summed E-state index contributed by atoms with van der Waals surface area (Å²) in [5, 5.41) is 14.4. The number of amides is 1. The van der Waals surface area contributed by atoms with Crippen LogP contribution < -0.4 is 20.5 Å². The monoisotopic (exact) mass is 732 g/mol. The molecule has 0 saturated carbocycles. The summed E-state index contributed by atoms with van der Waals surface area (Å²) >= 11 is 0. The highest BCUT2D eigenvalue weighted by Gasteiger charge is 2.46. The van der Waals surface area contributed by atoms with Gasteiger partial charge in [0.25, 0.3) is 0 Å². The lowest BCUT2D eigenvalue weighted by Gasteiger charge is -2.33. The van der Waals surface area contributed by atoms with Gasteiger partial charge in [0.05, 0.1) is 47.5 Å². The Hall–Kier alpha value is -5.37. The van der Waals surface area contributed by atoms with Gasteiger partial charge in [-0.2, -0.15) is 0 Å². The summed E-state index contributed by atoms with van der Waals surface area (Å²) < 4.78 is 44.3. The number of hydrogen-bond donors (Lipinski definition) is 3. The first-order chi connectivity index (χ1) is 24.7. The third kappa shape index (κ3) is 7.61. The van der Waals surface area contributed by atoms with Crippen LogP contribution in [0.3, 0.4) is 0 Å². The minimum atomic E-state index is -4.01. The molecule has 14 heteroatoms. The summed E-state index contributed by atoms with van der Waals surface area (Å²) in [7, 11) is -2.82. The molecule has 1 aliphatic rings. The van der Waals surface area contributed by atoms with Crippen LogP contribution in [-0.2, 0) is 24.2 Å². The van der Waals surface area contributed by atoms with Gasteiger partial charge in [0.15, 0.2) is 21.3 Å². The number of carbonyl (C=O) groups is 3. The van der Waals surface area contributed by atoms with Gasteiger partial charge in [-0.05, 0) is 112 Å². The van der Waals surface area contributed by atoms with E-state index in [0.29, 0.717) is 35.2 Å². The molecule has 2 heterocycles. The van der Waals surface area contributed by atoms with E-state index in [2.05, 4.69) is 10.3 Å². The molecule has 1 unspecified atom stereocenters. The number of carboxylic acid groups (broad SMARTS) is 1. The number of fused-ring (bicyclic) bond motifs is 1. The SMILES string of the molecule is CCOc1cc(C(Nc2ccc3c(N)nccc3c2)C(=O)N2CC[C@@H](C(=O)O)[C@@H]2c2cc(C(=O)OC)ccc2S(=O)(=O)C(C)C)ccc1OC(C)C. The normalized spacial score (nSPS) is 16.6. The number of sulfone groups is 1. The largest absolute Gasteiger partial charge is 0.490 e. The number of aromatic nitrogens is 1. The van der Waals surface area contributed by atoms with Crippen LogP contribution in [0.4, 0.5) is 11.5 Å². The van der Waals surface area contributed by atoms with E-state index in [0.717, 1.165) is 10.8 Å². The number of rotatable bonds is 13. The second-order valence-electron chi connectivity index (χ2n) is 13.1. The Morgan fingerprint density at radius 2 is 1.77 bits per heavy atom. The summed E-state index contributed by atoms with van der Waals surface area (Å²) in [4.78, 5) is 45.9. The summed E-state index contributed by atoms with van der Waals surface area (Å²) in [5.74, 6) is -2.43. The van der Waals surface area contributed by atoms with Gasteiger partial charge < -0.3 is 35.3 Å². The lowest BCUT2D eigenvalue weighted by atomic mass is 9.92. The molecular weight excluding hydrogens is 689 g/mol. The standard InChI is InChI=1S/C38H44N4O9S/c1-7-50-31-20-24(8-12-30(31)51-21(2)3)33(41-26-10-11-27-23(18-26)14-16-40-35(27)39)36(43)42-17-15-28(37(44)45)34(42)29-19-25(38(46)49-6)9-13-32(29)52(47,48)22(4)5/h8-14,16,18-22,28,33-34,41H,7,15,17H2,1-6H3,(H2,39,40)(H,44,45)/t28-,33?,34-/m1/s1. The predicted molar refractivity (Wildman–Crippen MR) is 196 cm³/mol. The second-order valence-corrected chi connectivity index (χ2v) is 15.5. The van der Waals surface area contributed by atoms with Crippen LogP contribution in [0.15, 0.2) is 71.8 Å². The molecule has 1 amide bonds. The predicted octanol–water partition coefficient (Wildman–Crippen LogP) is 5.80. The second kappa shape index (κ2) is 15.5. The number of carbonyl (C=O) groups excluding carboxylic acids is 2. The molecule has 1 saturated heterocycles. The van der Waals surface area contributed by atoms with Crippen LogP contribution >= 0.6 is 0 Å². The molecular formula is C38H44N4O9S. The van der Waals surface area contributed by atoms with E-state index in [-0.39, 0.29) is 35.1 Å². The van der Waals surface area contributed by atoms with Gasteiger partial charge in [0, 0.05) is 23.8 Å². The zero-order chi connectivity index (χ0) is 37.9. The van der Waals surface area contributed by atoms with Crippen molar-refractivity contribution in [2.75, 3.05) is 31.3 Å². The first-order valence-electron chi connectivity index (χ1n) is 17.0. The molecule has 3 aromatic carbocycles. The fourth-order valence-corrected chi connectivity index (χ4v) is 7.73. The molecule has 0 aliphatic carbocycles. The number of benzene rings is 3. The molecule has 0 spiro atoms. The Kier molecular flexibility index (Phi) is 11.3. The quantitative estimate of drug-likeness (QED) is 0.141. The van der Waals surface area contributed by atoms with Crippen LogP contribution in [0.5, 0.6) is 11.5 Å². The summed E-state index contributed by atoms with van der Waals surface area (Å²) in [6, 6.07) is 13.9. The molecule has 0 bridgehead atoms. The lowest BCUT2D eigenvalue weighted by molar-refractivity contribution is -0.143. The molecule has 3 atom stereocenters. The van der Waals surface area contributed by atoms with E-state index >= 15 is 4.79 Å². The highest BCUT2D eigenvalue weighted by Crippen LogP contribution is 2.44. The van der Waals surface area contributed by atoms with E-state index < -0.39 is 50.9 Å². The number of nitrogens with two attached hydrogens (primary N) is 1. The van der Waals surface area contributed by atoms with E-state index in [1.54, 1.807) is 42.6 Å². The molecule has 1 aliphatic heterocycles. The minimum absolute atomic E-state index is 0.00491. The number of likely N-dealkylation sites (tertiary alicyclic amines) is 1. The Morgan fingerprint density at radius 1 is 1.02 bits per heavy atom. The van der Waals surface area contributed by atoms with Gasteiger partial charge in [-0.15, -0.1) is 0 Å². The molecule has 4 N–H and O–H groups in total. The maximum atomic E-state index is 15.0. The molecule has 1 aromatic heterocycles. The minimum Gasteiger partial charge on any atom is -0.490 e. The van der Waals surface area contributed by atoms with Gasteiger partial charge in [-0.3, -0.25) is 9.59 Å². The van der Waals surface area contributed by atoms with Crippen molar-refractivity contribution in [3.05, 3.63) is 83.6 Å². The summed E-state index contributed by atoms with van der Waals surface area (Å²) in [6.07, 6.45) is 1.46. The van der Waals surface area contributed by atoms with E-state index in [1.807, 2.05) is 26.8 Å². The fourth-order valence-electron chi connectivity index (χ4n) is 6.46. The number of hydrogen-bond acceptors (Lipinski definition) is 11. The number of anilines is 2. The molecule has 52 heavy (non-hydrogen) atoms. The van der Waals surface area contributed by atoms with Crippen LogP contribution in [0, 0.1) is 5.92 Å². The summed E-state index contributed by atoms with van der Waals surface area (Å²) in [6.45, 7) is 8.93. The van der Waals surface area contributed by atoms with E-state index in [4.69, 9.17) is 19.9 Å². The number of methoxy groups -OCH3 is 1. The highest BCUT2D eigenvalue weighted by atomic mass is 32.2. The first-order valence-corrected chi connectivity index (χ1v) is 18.6. The zero-order valence-corrected chi connectivity index (χ0v) is 30.8. The molecule has 4 aromatic rings. The molecule has 1 fully saturated rings. The number of pyridine rings is 1. The van der Waals surface area contributed by atoms with Crippen LogP contribution in [0.2, 0.25) is 0 Å². The van der Waals surface area contributed by atoms with Crippen molar-refractivity contribution in [3.8, 4) is 11.5 Å². The lowest BCUT2D eigenvalue weighted by Crippen LogP contribution is -2.40. The third-order valence-corrected chi connectivity index (χ3v) is 11.2. The van der Waals surface area contributed by atoms with Crippen molar-refractivity contribution >= 4 is 50.0 Å². The topological polar surface area (TPSA) is 187 Å². The number of carboxylic acids is 1.